The van der Waals surface area contributed by atoms with E-state index in [2.05, 4.69) is 12.1 Å². The molecule has 0 aliphatic heterocycles. The highest BCUT2D eigenvalue weighted by Gasteiger charge is 2.24. The minimum Gasteiger partial charge on any atom is -0.268 e. The van der Waals surface area contributed by atoms with Gasteiger partial charge >= 0.3 is 0 Å². The average molecular weight is 673 g/mol. The molecule has 0 spiro atoms. The lowest BCUT2D eigenvalue weighted by atomic mass is 9.86. The highest BCUT2D eigenvalue weighted by molar-refractivity contribution is 6.40. The Labute approximate surface area is 288 Å². The maximum atomic E-state index is 14.4. The first kappa shape index (κ1) is 26.8. The number of benzene rings is 9. The van der Waals surface area contributed by atoms with Crippen LogP contribution in [-0.4, -0.2) is 18.8 Å². The van der Waals surface area contributed by atoms with E-state index in [1.807, 2.05) is 60.7 Å². The Balaban J connectivity index is 1.18. The summed E-state index contributed by atoms with van der Waals surface area (Å²) in [5, 5.41) is 13.5. The minimum atomic E-state index is -0.337. The fraction of sp³-hybridized carbons (Fsp3) is 0. The Morgan fingerprint density at radius 3 is 1.25 bits per heavy atom. The van der Waals surface area contributed by atoms with Gasteiger partial charge in [0.2, 0.25) is 0 Å². The van der Waals surface area contributed by atoms with Gasteiger partial charge in [-0.1, -0.05) is 36.4 Å². The molecule has 0 aliphatic carbocycles. The number of imidazole rings is 2. The summed E-state index contributed by atoms with van der Waals surface area (Å²) in [6.07, 6.45) is 0. The smallest absolute Gasteiger partial charge is 0.264 e. The SMILES string of the molecule is O=c1c2ccc3c4ccc5c6c(ccc(c7ccc(c2c73)c2nc3cc7cc(F)ccc7cc3n12)c46)c(=O)n1c2cc3cc(F)ccc3cc2nc51. The Kier molecular flexibility index (Phi) is 4.44. The molecule has 4 aromatic heterocycles. The van der Waals surface area contributed by atoms with Crippen LogP contribution in [0.4, 0.5) is 8.78 Å². The maximum Gasteiger partial charge on any atom is 0.264 e. The monoisotopic (exact) mass is 672 g/mol. The molecule has 0 unspecified atom stereocenters. The van der Waals surface area contributed by atoms with Crippen LogP contribution in [0.2, 0.25) is 0 Å². The van der Waals surface area contributed by atoms with Gasteiger partial charge in [0.25, 0.3) is 11.1 Å². The third kappa shape index (κ3) is 2.99. The molecule has 0 amide bonds. The van der Waals surface area contributed by atoms with E-state index in [1.54, 1.807) is 20.9 Å². The van der Waals surface area contributed by atoms with Crippen molar-refractivity contribution in [3.8, 4) is 0 Å². The fourth-order valence-electron chi connectivity index (χ4n) is 9.21. The van der Waals surface area contributed by atoms with Crippen molar-refractivity contribution in [1.82, 2.24) is 18.8 Å². The Hall–Kier alpha value is -7.06. The topological polar surface area (TPSA) is 68.7 Å². The molecule has 0 radical (unpaired) electrons. The van der Waals surface area contributed by atoms with Crippen LogP contribution < -0.4 is 11.1 Å². The van der Waals surface area contributed by atoms with E-state index in [1.165, 1.54) is 24.3 Å². The molecular weight excluding hydrogens is 655 g/mol. The zero-order chi connectivity index (χ0) is 34.3. The lowest BCUT2D eigenvalue weighted by Gasteiger charge is -2.18. The third-order valence-corrected chi connectivity index (χ3v) is 11.4. The molecule has 13 rings (SSSR count). The van der Waals surface area contributed by atoms with Gasteiger partial charge in [-0.15, -0.1) is 0 Å². The molecule has 0 atom stereocenters. The van der Waals surface area contributed by atoms with Gasteiger partial charge in [0.15, 0.2) is 0 Å². The van der Waals surface area contributed by atoms with Gasteiger partial charge in [-0.3, -0.25) is 18.4 Å². The van der Waals surface area contributed by atoms with E-state index in [0.717, 1.165) is 70.0 Å². The summed E-state index contributed by atoms with van der Waals surface area (Å²) in [6, 6.07) is 32.8. The van der Waals surface area contributed by atoms with Crippen molar-refractivity contribution in [1.29, 1.82) is 0 Å². The van der Waals surface area contributed by atoms with Crippen LogP contribution in [-0.2, 0) is 0 Å². The number of aromatic nitrogens is 4. The summed E-state index contributed by atoms with van der Waals surface area (Å²) < 4.78 is 31.6. The second-order valence-corrected chi connectivity index (χ2v) is 14.0. The van der Waals surface area contributed by atoms with Crippen LogP contribution in [0.3, 0.4) is 0 Å². The molecule has 6 nitrogen and oxygen atoms in total. The number of nitrogens with zero attached hydrogens (tertiary/aromatic N) is 4. The number of fused-ring (bicyclic) bond motifs is 12. The second-order valence-electron chi connectivity index (χ2n) is 14.0. The quantitative estimate of drug-likeness (QED) is 0.119. The van der Waals surface area contributed by atoms with Crippen LogP contribution in [0.15, 0.2) is 119 Å². The zero-order valence-electron chi connectivity index (χ0n) is 26.8. The predicted octanol–water partition coefficient (Wildman–Crippen LogP) is 9.83. The maximum absolute atomic E-state index is 14.4. The van der Waals surface area contributed by atoms with E-state index in [-0.39, 0.29) is 22.8 Å². The van der Waals surface area contributed by atoms with Gasteiger partial charge in [-0.05, 0) is 127 Å². The van der Waals surface area contributed by atoms with Gasteiger partial charge in [-0.25, -0.2) is 18.7 Å². The number of hydrogen-bond acceptors (Lipinski definition) is 4. The molecule has 240 valence electrons. The van der Waals surface area contributed by atoms with Crippen LogP contribution in [0.25, 0.3) is 120 Å². The van der Waals surface area contributed by atoms with Gasteiger partial charge in [0.05, 0.1) is 22.1 Å². The van der Waals surface area contributed by atoms with E-state index < -0.39 is 0 Å². The van der Waals surface area contributed by atoms with Crippen LogP contribution in [0.1, 0.15) is 0 Å². The summed E-state index contributed by atoms with van der Waals surface area (Å²) in [6.45, 7) is 0. The largest absolute Gasteiger partial charge is 0.268 e. The summed E-state index contributed by atoms with van der Waals surface area (Å²) in [7, 11) is 0. The summed E-state index contributed by atoms with van der Waals surface area (Å²) in [4.78, 5) is 38.7. The zero-order valence-corrected chi connectivity index (χ0v) is 26.8. The lowest BCUT2D eigenvalue weighted by molar-refractivity contribution is 0.629. The molecule has 0 N–H and O–H groups in total. The van der Waals surface area contributed by atoms with Gasteiger partial charge in [0, 0.05) is 32.3 Å². The van der Waals surface area contributed by atoms with E-state index >= 15 is 0 Å². The third-order valence-electron chi connectivity index (χ3n) is 11.4. The number of halogens is 2. The number of rotatable bonds is 0. The molecule has 0 saturated carbocycles. The van der Waals surface area contributed by atoms with Gasteiger partial charge in [-0.2, -0.15) is 0 Å². The van der Waals surface area contributed by atoms with Gasteiger partial charge in [0.1, 0.15) is 22.9 Å². The van der Waals surface area contributed by atoms with Crippen molar-refractivity contribution < 1.29 is 8.78 Å². The Morgan fingerprint density at radius 1 is 0.385 bits per heavy atom. The van der Waals surface area contributed by atoms with Crippen LogP contribution >= 0.6 is 0 Å². The normalized spacial score (nSPS) is 13.0. The fourth-order valence-corrected chi connectivity index (χ4v) is 9.21. The van der Waals surface area contributed by atoms with Crippen LogP contribution in [0, 0.1) is 11.6 Å². The van der Waals surface area contributed by atoms with Crippen molar-refractivity contribution in [3.63, 3.8) is 0 Å². The minimum absolute atomic E-state index is 0.161. The first-order valence-corrected chi connectivity index (χ1v) is 17.0. The summed E-state index contributed by atoms with van der Waals surface area (Å²) in [5.41, 5.74) is 3.38. The highest BCUT2D eigenvalue weighted by Crippen LogP contribution is 2.46. The summed E-state index contributed by atoms with van der Waals surface area (Å²) in [5.74, 6) is -0.662. The highest BCUT2D eigenvalue weighted by atomic mass is 19.1. The first-order chi connectivity index (χ1) is 25.4. The van der Waals surface area contributed by atoms with Gasteiger partial charge < -0.3 is 0 Å². The predicted molar refractivity (Wildman–Crippen MR) is 205 cm³/mol. The molecule has 13 aromatic rings. The van der Waals surface area contributed by atoms with E-state index in [9.17, 15) is 18.4 Å². The number of pyridine rings is 2. The Morgan fingerprint density at radius 2 is 0.750 bits per heavy atom. The number of hydrogen-bond donors (Lipinski definition) is 0. The van der Waals surface area contributed by atoms with Crippen molar-refractivity contribution in [3.05, 3.63) is 142 Å². The van der Waals surface area contributed by atoms with Crippen molar-refractivity contribution in [2.75, 3.05) is 0 Å². The standard InChI is InChI=1S/C44H18F2N4O2/c45-23-4-2-20-17-35-34(16-21(20)13-23)48-42-30-10-6-26-28-8-12-32-39-29(9-5-25(37(28)39)27-7-11-31(40(30)38(26)27)43(51)49(35)42)41-47-33-15-19-1-3-24(46)14-22(19)18-36(33)50(41)44(32)52/h1-18H. The second kappa shape index (κ2) is 8.62. The molecule has 8 heteroatoms. The molecular formula is C44H18F2N4O2. The first-order valence-electron chi connectivity index (χ1n) is 17.0. The van der Waals surface area contributed by atoms with Crippen molar-refractivity contribution >= 4 is 120 Å². The van der Waals surface area contributed by atoms with Crippen LogP contribution in [0.5, 0.6) is 0 Å². The molecule has 0 fully saturated rings. The Bertz CT molecular complexity index is 3860. The summed E-state index contributed by atoms with van der Waals surface area (Å²) >= 11 is 0. The van der Waals surface area contributed by atoms with Crippen molar-refractivity contribution in [2.24, 2.45) is 0 Å². The molecule has 0 bridgehead atoms. The molecule has 9 aromatic carbocycles. The molecule has 0 aliphatic rings. The average Bonchev–Trinajstić information content (AvgIpc) is 3.72. The lowest BCUT2D eigenvalue weighted by Crippen LogP contribution is -2.14. The van der Waals surface area contributed by atoms with Crippen molar-refractivity contribution in [2.45, 2.75) is 0 Å². The van der Waals surface area contributed by atoms with E-state index in [4.69, 9.17) is 9.97 Å². The van der Waals surface area contributed by atoms with E-state index in [0.29, 0.717) is 49.5 Å². The molecule has 0 saturated heterocycles. The molecule has 52 heavy (non-hydrogen) atoms. The molecule has 4 heterocycles.